The van der Waals surface area contributed by atoms with Crippen LogP contribution in [0.5, 0.6) is 0 Å². The number of carbonyl (C=O) groups excluding carboxylic acids is 2. The molecule has 0 bridgehead atoms. The molecule has 1 atom stereocenters. The van der Waals surface area contributed by atoms with Crippen LogP contribution in [-0.2, 0) is 4.79 Å². The molecule has 2 aromatic rings. The molecule has 0 saturated carbocycles. The van der Waals surface area contributed by atoms with Crippen LogP contribution in [0.1, 0.15) is 29.8 Å². The molecule has 126 valence electrons. The summed E-state index contributed by atoms with van der Waals surface area (Å²) in [5.41, 5.74) is 1.64. The average Bonchev–Trinajstić information content (AvgIpc) is 2.56. The molecule has 0 saturated heterocycles. The highest BCUT2D eigenvalue weighted by Crippen LogP contribution is 2.17. The van der Waals surface area contributed by atoms with Crippen molar-refractivity contribution in [3.05, 3.63) is 65.5 Å². The third kappa shape index (κ3) is 4.41. The standard InChI is InChI=1S/C19H21FN2O2/c1-12(2)17(22-18(23)14-7-5-4-6-8-14)19(24)21-16-11-15(20)10-9-13(16)3/h4-12,17H,1-3H3,(H,21,24)(H,22,23)/t17-/m0/s1. The molecule has 24 heavy (non-hydrogen) atoms. The minimum atomic E-state index is -0.722. The van der Waals surface area contributed by atoms with Crippen LogP contribution in [-0.4, -0.2) is 17.9 Å². The van der Waals surface area contributed by atoms with Gasteiger partial charge in [-0.3, -0.25) is 9.59 Å². The van der Waals surface area contributed by atoms with Gasteiger partial charge in [0.1, 0.15) is 11.9 Å². The zero-order valence-corrected chi connectivity index (χ0v) is 14.0. The van der Waals surface area contributed by atoms with Crippen LogP contribution in [0.2, 0.25) is 0 Å². The van der Waals surface area contributed by atoms with Crippen molar-refractivity contribution in [1.29, 1.82) is 0 Å². The van der Waals surface area contributed by atoms with Crippen molar-refractivity contribution in [2.45, 2.75) is 26.8 Å². The minimum absolute atomic E-state index is 0.119. The Morgan fingerprint density at radius 2 is 1.71 bits per heavy atom. The molecule has 0 radical (unpaired) electrons. The van der Waals surface area contributed by atoms with E-state index in [9.17, 15) is 14.0 Å². The van der Waals surface area contributed by atoms with E-state index in [-0.39, 0.29) is 17.7 Å². The third-order valence-electron chi connectivity index (χ3n) is 3.73. The topological polar surface area (TPSA) is 58.2 Å². The van der Waals surface area contributed by atoms with Crippen LogP contribution in [0.3, 0.4) is 0 Å². The summed E-state index contributed by atoms with van der Waals surface area (Å²) < 4.78 is 13.4. The van der Waals surface area contributed by atoms with E-state index >= 15 is 0 Å². The molecule has 0 aliphatic rings. The number of aryl methyl sites for hydroxylation is 1. The second-order valence-electron chi connectivity index (χ2n) is 6.01. The van der Waals surface area contributed by atoms with Gasteiger partial charge >= 0.3 is 0 Å². The van der Waals surface area contributed by atoms with E-state index in [0.717, 1.165) is 5.56 Å². The Morgan fingerprint density at radius 3 is 2.33 bits per heavy atom. The van der Waals surface area contributed by atoms with Gasteiger partial charge in [-0.05, 0) is 42.7 Å². The Bertz CT molecular complexity index is 729. The SMILES string of the molecule is Cc1ccc(F)cc1NC(=O)[C@@H](NC(=O)c1ccccc1)C(C)C. The number of anilines is 1. The molecule has 0 fully saturated rings. The maximum atomic E-state index is 13.4. The molecule has 0 spiro atoms. The van der Waals surface area contributed by atoms with Crippen LogP contribution in [0.25, 0.3) is 0 Å². The summed E-state index contributed by atoms with van der Waals surface area (Å²) in [6.45, 7) is 5.46. The molecule has 2 amide bonds. The van der Waals surface area contributed by atoms with E-state index in [2.05, 4.69) is 10.6 Å². The summed E-state index contributed by atoms with van der Waals surface area (Å²) in [7, 11) is 0. The van der Waals surface area contributed by atoms with Crippen molar-refractivity contribution >= 4 is 17.5 Å². The Hall–Kier alpha value is -2.69. The first kappa shape index (κ1) is 17.7. The second-order valence-corrected chi connectivity index (χ2v) is 6.01. The number of rotatable bonds is 5. The first-order valence-electron chi connectivity index (χ1n) is 7.81. The maximum absolute atomic E-state index is 13.4. The van der Waals surface area contributed by atoms with Crippen molar-refractivity contribution in [2.75, 3.05) is 5.32 Å². The van der Waals surface area contributed by atoms with Crippen LogP contribution >= 0.6 is 0 Å². The van der Waals surface area contributed by atoms with E-state index in [1.807, 2.05) is 19.9 Å². The van der Waals surface area contributed by atoms with Gasteiger partial charge in [-0.25, -0.2) is 4.39 Å². The summed E-state index contributed by atoms with van der Waals surface area (Å²) >= 11 is 0. The lowest BCUT2D eigenvalue weighted by molar-refractivity contribution is -0.118. The first-order valence-corrected chi connectivity index (χ1v) is 7.81. The zero-order chi connectivity index (χ0) is 17.7. The van der Waals surface area contributed by atoms with Gasteiger partial charge in [-0.2, -0.15) is 0 Å². The fraction of sp³-hybridized carbons (Fsp3) is 0.263. The van der Waals surface area contributed by atoms with Gasteiger partial charge in [-0.1, -0.05) is 38.1 Å². The number of hydrogen-bond acceptors (Lipinski definition) is 2. The quantitative estimate of drug-likeness (QED) is 0.882. The Labute approximate surface area is 141 Å². The molecule has 2 N–H and O–H groups in total. The van der Waals surface area contributed by atoms with Crippen LogP contribution in [0.4, 0.5) is 10.1 Å². The normalized spacial score (nSPS) is 11.9. The number of carbonyl (C=O) groups is 2. The first-order chi connectivity index (χ1) is 11.4. The molecule has 0 aromatic heterocycles. The Kier molecular flexibility index (Phi) is 5.68. The molecule has 2 aromatic carbocycles. The zero-order valence-electron chi connectivity index (χ0n) is 14.0. The van der Waals surface area contributed by atoms with E-state index in [0.29, 0.717) is 11.3 Å². The van der Waals surface area contributed by atoms with Gasteiger partial charge in [0.05, 0.1) is 0 Å². The number of halogens is 1. The second kappa shape index (κ2) is 7.73. The van der Waals surface area contributed by atoms with Crippen molar-refractivity contribution in [1.82, 2.24) is 5.32 Å². The average molecular weight is 328 g/mol. The number of benzene rings is 2. The molecule has 4 nitrogen and oxygen atoms in total. The number of hydrogen-bond donors (Lipinski definition) is 2. The molecule has 0 aliphatic carbocycles. The van der Waals surface area contributed by atoms with Crippen molar-refractivity contribution < 1.29 is 14.0 Å². The summed E-state index contributed by atoms with van der Waals surface area (Å²) in [4.78, 5) is 24.8. The van der Waals surface area contributed by atoms with E-state index in [1.165, 1.54) is 12.1 Å². The largest absolute Gasteiger partial charge is 0.340 e. The number of nitrogens with one attached hydrogen (secondary N) is 2. The summed E-state index contributed by atoms with van der Waals surface area (Å²) in [6, 6.07) is 12.2. The lowest BCUT2D eigenvalue weighted by Crippen LogP contribution is -2.47. The fourth-order valence-corrected chi connectivity index (χ4v) is 2.29. The van der Waals surface area contributed by atoms with Gasteiger partial charge in [0.25, 0.3) is 5.91 Å². The predicted octanol–water partition coefficient (Wildman–Crippen LogP) is 3.53. The monoisotopic (exact) mass is 328 g/mol. The molecule has 2 rings (SSSR count). The lowest BCUT2D eigenvalue weighted by Gasteiger charge is -2.22. The molecule has 0 unspecified atom stereocenters. The van der Waals surface area contributed by atoms with E-state index in [1.54, 1.807) is 37.3 Å². The predicted molar refractivity (Wildman–Crippen MR) is 92.3 cm³/mol. The van der Waals surface area contributed by atoms with Crippen LogP contribution in [0, 0.1) is 18.7 Å². The summed E-state index contributed by atoms with van der Waals surface area (Å²) in [5.74, 6) is -1.24. The van der Waals surface area contributed by atoms with Crippen LogP contribution < -0.4 is 10.6 Å². The Morgan fingerprint density at radius 1 is 1.04 bits per heavy atom. The molecule has 0 heterocycles. The van der Waals surface area contributed by atoms with E-state index < -0.39 is 11.9 Å². The highest BCUT2D eigenvalue weighted by atomic mass is 19.1. The van der Waals surface area contributed by atoms with Gasteiger partial charge in [0.15, 0.2) is 0 Å². The third-order valence-corrected chi connectivity index (χ3v) is 3.73. The molecular formula is C19H21FN2O2. The van der Waals surface area contributed by atoms with Gasteiger partial charge < -0.3 is 10.6 Å². The van der Waals surface area contributed by atoms with Gasteiger partial charge in [0.2, 0.25) is 5.91 Å². The van der Waals surface area contributed by atoms with Crippen molar-refractivity contribution in [3.63, 3.8) is 0 Å². The molecule has 0 aliphatic heterocycles. The van der Waals surface area contributed by atoms with Crippen LogP contribution in [0.15, 0.2) is 48.5 Å². The fourth-order valence-electron chi connectivity index (χ4n) is 2.29. The maximum Gasteiger partial charge on any atom is 0.251 e. The Balaban J connectivity index is 2.13. The summed E-state index contributed by atoms with van der Waals surface area (Å²) in [5, 5.41) is 5.44. The number of amides is 2. The van der Waals surface area contributed by atoms with Gasteiger partial charge in [0, 0.05) is 11.3 Å². The van der Waals surface area contributed by atoms with E-state index in [4.69, 9.17) is 0 Å². The summed E-state index contributed by atoms with van der Waals surface area (Å²) in [6.07, 6.45) is 0. The smallest absolute Gasteiger partial charge is 0.251 e. The highest BCUT2D eigenvalue weighted by Gasteiger charge is 2.25. The van der Waals surface area contributed by atoms with Crippen molar-refractivity contribution in [2.24, 2.45) is 5.92 Å². The molecular weight excluding hydrogens is 307 g/mol. The minimum Gasteiger partial charge on any atom is -0.340 e. The highest BCUT2D eigenvalue weighted by molar-refractivity contribution is 6.01. The molecule has 5 heteroatoms. The lowest BCUT2D eigenvalue weighted by atomic mass is 10.0. The van der Waals surface area contributed by atoms with Gasteiger partial charge in [-0.15, -0.1) is 0 Å². The van der Waals surface area contributed by atoms with Crippen molar-refractivity contribution in [3.8, 4) is 0 Å².